The van der Waals surface area contributed by atoms with Crippen molar-refractivity contribution in [1.82, 2.24) is 0 Å². The molecule has 1 aliphatic heterocycles. The maximum atomic E-state index is 10.8. The van der Waals surface area contributed by atoms with Gasteiger partial charge >= 0.3 is 0 Å². The topological polar surface area (TPSA) is 46.4 Å². The van der Waals surface area contributed by atoms with Crippen molar-refractivity contribution < 1.29 is 4.92 Å². The molecule has 18 heavy (non-hydrogen) atoms. The molecule has 0 fully saturated rings. The van der Waals surface area contributed by atoms with Gasteiger partial charge in [-0.25, -0.2) is 0 Å². The SMILES string of the molecule is CN1c2ccccc2Sc2cc([N+](=O)[O-])ccc21. The van der Waals surface area contributed by atoms with Gasteiger partial charge in [0.2, 0.25) is 0 Å². The number of nitro benzene ring substituents is 1. The Morgan fingerprint density at radius 3 is 2.61 bits per heavy atom. The van der Waals surface area contributed by atoms with E-state index in [1.807, 2.05) is 31.3 Å². The number of non-ortho nitro benzene ring substituents is 1. The van der Waals surface area contributed by atoms with Crippen LogP contribution in [0.25, 0.3) is 0 Å². The van der Waals surface area contributed by atoms with Crippen molar-refractivity contribution in [2.45, 2.75) is 9.79 Å². The van der Waals surface area contributed by atoms with E-state index < -0.39 is 0 Å². The molecule has 3 rings (SSSR count). The first-order valence-electron chi connectivity index (χ1n) is 5.46. The summed E-state index contributed by atoms with van der Waals surface area (Å²) in [6.45, 7) is 0. The summed E-state index contributed by atoms with van der Waals surface area (Å²) < 4.78 is 0. The van der Waals surface area contributed by atoms with Crippen LogP contribution in [-0.4, -0.2) is 12.0 Å². The van der Waals surface area contributed by atoms with E-state index in [0.29, 0.717) is 0 Å². The number of fused-ring (bicyclic) bond motifs is 2. The van der Waals surface area contributed by atoms with Gasteiger partial charge in [-0.15, -0.1) is 0 Å². The predicted octanol–water partition coefficient (Wildman–Crippen LogP) is 3.83. The van der Waals surface area contributed by atoms with Crippen LogP contribution in [0.5, 0.6) is 0 Å². The molecule has 0 atom stereocenters. The molecule has 0 radical (unpaired) electrons. The lowest BCUT2D eigenvalue weighted by Crippen LogP contribution is -2.14. The fraction of sp³-hybridized carbons (Fsp3) is 0.0769. The van der Waals surface area contributed by atoms with Crippen LogP contribution < -0.4 is 4.90 Å². The Labute approximate surface area is 108 Å². The smallest absolute Gasteiger partial charge is 0.270 e. The van der Waals surface area contributed by atoms with Gasteiger partial charge in [-0.2, -0.15) is 0 Å². The van der Waals surface area contributed by atoms with Crippen molar-refractivity contribution in [2.24, 2.45) is 0 Å². The Balaban J connectivity index is 2.13. The predicted molar refractivity (Wildman–Crippen MR) is 71.7 cm³/mol. The van der Waals surface area contributed by atoms with E-state index in [9.17, 15) is 10.1 Å². The van der Waals surface area contributed by atoms with E-state index in [2.05, 4.69) is 4.90 Å². The number of rotatable bonds is 1. The second kappa shape index (κ2) is 4.03. The fourth-order valence-corrected chi connectivity index (χ4v) is 3.23. The first-order chi connectivity index (χ1) is 8.66. The number of nitrogens with zero attached hydrogens (tertiary/aromatic N) is 2. The van der Waals surface area contributed by atoms with Crippen molar-refractivity contribution in [2.75, 3.05) is 11.9 Å². The van der Waals surface area contributed by atoms with Crippen LogP contribution in [0.3, 0.4) is 0 Å². The van der Waals surface area contributed by atoms with Crippen LogP contribution in [0, 0.1) is 10.1 Å². The van der Waals surface area contributed by atoms with E-state index in [1.54, 1.807) is 30.0 Å². The lowest BCUT2D eigenvalue weighted by atomic mass is 10.2. The van der Waals surface area contributed by atoms with Crippen molar-refractivity contribution in [3.05, 3.63) is 52.6 Å². The van der Waals surface area contributed by atoms with Gasteiger partial charge in [-0.05, 0) is 18.2 Å². The van der Waals surface area contributed by atoms with Crippen molar-refractivity contribution in [3.63, 3.8) is 0 Å². The molecule has 0 saturated carbocycles. The highest BCUT2D eigenvalue weighted by Gasteiger charge is 2.22. The maximum absolute atomic E-state index is 10.8. The van der Waals surface area contributed by atoms with Crippen molar-refractivity contribution in [1.29, 1.82) is 0 Å². The fourth-order valence-electron chi connectivity index (χ4n) is 2.04. The lowest BCUT2D eigenvalue weighted by Gasteiger charge is -2.28. The molecule has 0 unspecified atom stereocenters. The molecule has 0 N–H and O–H groups in total. The third-order valence-corrected chi connectivity index (χ3v) is 4.07. The molecule has 1 aliphatic rings. The molecule has 0 bridgehead atoms. The summed E-state index contributed by atoms with van der Waals surface area (Å²) in [4.78, 5) is 14.5. The minimum absolute atomic E-state index is 0.133. The number of anilines is 2. The number of hydrogen-bond acceptors (Lipinski definition) is 4. The monoisotopic (exact) mass is 258 g/mol. The second-order valence-electron chi connectivity index (χ2n) is 4.04. The van der Waals surface area contributed by atoms with Gasteiger partial charge in [0, 0.05) is 29.0 Å². The van der Waals surface area contributed by atoms with Gasteiger partial charge < -0.3 is 4.90 Å². The van der Waals surface area contributed by atoms with Gasteiger partial charge in [-0.1, -0.05) is 23.9 Å². The van der Waals surface area contributed by atoms with Crippen LogP contribution in [0.1, 0.15) is 0 Å². The highest BCUT2D eigenvalue weighted by Crippen LogP contribution is 2.48. The number of para-hydroxylation sites is 1. The van der Waals surface area contributed by atoms with Crippen LogP contribution >= 0.6 is 11.8 Å². The van der Waals surface area contributed by atoms with Gasteiger partial charge in [0.15, 0.2) is 0 Å². The van der Waals surface area contributed by atoms with E-state index >= 15 is 0 Å². The first-order valence-corrected chi connectivity index (χ1v) is 6.27. The summed E-state index contributed by atoms with van der Waals surface area (Å²) in [5.41, 5.74) is 2.27. The number of nitro groups is 1. The Bertz CT molecular complexity index is 643. The Morgan fingerprint density at radius 2 is 1.83 bits per heavy atom. The van der Waals surface area contributed by atoms with E-state index in [-0.39, 0.29) is 10.6 Å². The second-order valence-corrected chi connectivity index (χ2v) is 5.12. The molecule has 0 spiro atoms. The lowest BCUT2D eigenvalue weighted by molar-refractivity contribution is -0.385. The maximum Gasteiger partial charge on any atom is 0.270 e. The average molecular weight is 258 g/mol. The number of hydrogen-bond donors (Lipinski definition) is 0. The molecule has 5 heteroatoms. The van der Waals surface area contributed by atoms with Crippen LogP contribution in [-0.2, 0) is 0 Å². The highest BCUT2D eigenvalue weighted by atomic mass is 32.2. The summed E-state index contributed by atoms with van der Waals surface area (Å²) in [6.07, 6.45) is 0. The van der Waals surface area contributed by atoms with Crippen molar-refractivity contribution in [3.8, 4) is 0 Å². The molecule has 0 aliphatic carbocycles. The minimum Gasteiger partial charge on any atom is -0.343 e. The Morgan fingerprint density at radius 1 is 1.11 bits per heavy atom. The third-order valence-electron chi connectivity index (χ3n) is 2.96. The van der Waals surface area contributed by atoms with Gasteiger partial charge in [0.05, 0.1) is 16.3 Å². The van der Waals surface area contributed by atoms with Crippen LogP contribution in [0.4, 0.5) is 17.1 Å². The summed E-state index contributed by atoms with van der Waals surface area (Å²) in [7, 11) is 1.98. The Hall–Kier alpha value is -2.01. The molecule has 0 saturated heterocycles. The molecule has 90 valence electrons. The third kappa shape index (κ3) is 1.64. The molecular formula is C13H10N2O2S. The molecule has 2 aromatic rings. The van der Waals surface area contributed by atoms with Gasteiger partial charge in [0.25, 0.3) is 5.69 Å². The standard InChI is InChI=1S/C13H10N2O2S/c1-14-10-4-2-3-5-12(10)18-13-8-9(15(16)17)6-7-11(13)14/h2-8H,1H3. The quantitative estimate of drug-likeness (QED) is 0.576. The van der Waals surface area contributed by atoms with Gasteiger partial charge in [-0.3, -0.25) is 10.1 Å². The van der Waals surface area contributed by atoms with Crippen molar-refractivity contribution >= 4 is 28.8 Å². The largest absolute Gasteiger partial charge is 0.343 e. The molecule has 0 amide bonds. The first kappa shape index (κ1) is 11.1. The zero-order valence-electron chi connectivity index (χ0n) is 9.66. The molecule has 2 aromatic carbocycles. The summed E-state index contributed by atoms with van der Waals surface area (Å²) in [5.74, 6) is 0. The Kier molecular flexibility index (Phi) is 2.48. The van der Waals surface area contributed by atoms with E-state index in [4.69, 9.17) is 0 Å². The van der Waals surface area contributed by atoms with E-state index in [0.717, 1.165) is 21.2 Å². The molecule has 4 nitrogen and oxygen atoms in total. The summed E-state index contributed by atoms with van der Waals surface area (Å²) >= 11 is 1.57. The average Bonchev–Trinajstić information content (AvgIpc) is 2.38. The molecule has 1 heterocycles. The zero-order chi connectivity index (χ0) is 12.7. The molecule has 0 aromatic heterocycles. The van der Waals surface area contributed by atoms with Crippen LogP contribution in [0.15, 0.2) is 52.3 Å². The van der Waals surface area contributed by atoms with E-state index in [1.165, 1.54) is 0 Å². The highest BCUT2D eigenvalue weighted by molar-refractivity contribution is 7.99. The minimum atomic E-state index is -0.360. The zero-order valence-corrected chi connectivity index (χ0v) is 10.5. The van der Waals surface area contributed by atoms with Crippen LogP contribution in [0.2, 0.25) is 0 Å². The summed E-state index contributed by atoms with van der Waals surface area (Å²) in [5, 5.41) is 10.8. The molecular weight excluding hydrogens is 248 g/mol. The normalized spacial score (nSPS) is 12.8. The van der Waals surface area contributed by atoms with Gasteiger partial charge in [0.1, 0.15) is 0 Å². The number of benzene rings is 2. The summed E-state index contributed by atoms with van der Waals surface area (Å²) in [6, 6.07) is 13.0.